The van der Waals surface area contributed by atoms with Crippen LogP contribution >= 0.6 is 15.9 Å². The van der Waals surface area contributed by atoms with Gasteiger partial charge in [-0.1, -0.05) is 36.7 Å². The summed E-state index contributed by atoms with van der Waals surface area (Å²) in [6, 6.07) is 0. The molecule has 12 heavy (non-hydrogen) atoms. The zero-order chi connectivity index (χ0) is 9.19. The van der Waals surface area contributed by atoms with Crippen LogP contribution < -0.4 is 0 Å². The third kappa shape index (κ3) is 2.46. The van der Waals surface area contributed by atoms with Crippen LogP contribution in [0.2, 0.25) is 0 Å². The molecule has 0 aromatic carbocycles. The topological polar surface area (TPSA) is 9.23 Å². The number of halogens is 1. The van der Waals surface area contributed by atoms with Gasteiger partial charge in [0.2, 0.25) is 0 Å². The quantitative estimate of drug-likeness (QED) is 0.668. The van der Waals surface area contributed by atoms with Crippen LogP contribution in [0.3, 0.4) is 0 Å². The van der Waals surface area contributed by atoms with Crippen molar-refractivity contribution in [1.29, 1.82) is 0 Å². The van der Waals surface area contributed by atoms with Crippen molar-refractivity contribution in [3.05, 3.63) is 0 Å². The summed E-state index contributed by atoms with van der Waals surface area (Å²) >= 11 is 3.58. The van der Waals surface area contributed by atoms with Crippen molar-refractivity contribution in [2.24, 2.45) is 11.3 Å². The van der Waals surface area contributed by atoms with Crippen LogP contribution in [0, 0.1) is 11.3 Å². The number of ether oxygens (including phenoxy) is 1. The van der Waals surface area contributed by atoms with Crippen LogP contribution in [0.5, 0.6) is 0 Å². The Labute approximate surface area is 84.0 Å². The lowest BCUT2D eigenvalue weighted by Crippen LogP contribution is -2.33. The highest BCUT2D eigenvalue weighted by atomic mass is 79.9. The number of hydrogen-bond donors (Lipinski definition) is 0. The lowest BCUT2D eigenvalue weighted by atomic mass is 9.78. The van der Waals surface area contributed by atoms with Crippen LogP contribution in [0.25, 0.3) is 0 Å². The van der Waals surface area contributed by atoms with Crippen molar-refractivity contribution in [2.75, 3.05) is 11.9 Å². The minimum atomic E-state index is 0.360. The average Bonchev–Trinajstić information content (AvgIpc) is 2.38. The molecule has 2 unspecified atom stereocenters. The van der Waals surface area contributed by atoms with E-state index in [1.165, 1.54) is 12.8 Å². The monoisotopic (exact) mass is 234 g/mol. The Hall–Kier alpha value is 0.440. The van der Waals surface area contributed by atoms with Gasteiger partial charge in [-0.05, 0) is 24.2 Å². The fourth-order valence-electron chi connectivity index (χ4n) is 1.81. The van der Waals surface area contributed by atoms with Gasteiger partial charge in [0, 0.05) is 11.9 Å². The Morgan fingerprint density at radius 2 is 2.17 bits per heavy atom. The molecule has 1 rings (SSSR count). The van der Waals surface area contributed by atoms with Crippen molar-refractivity contribution in [1.82, 2.24) is 0 Å². The van der Waals surface area contributed by atoms with Crippen molar-refractivity contribution < 1.29 is 4.74 Å². The van der Waals surface area contributed by atoms with E-state index in [0.29, 0.717) is 17.4 Å². The summed E-state index contributed by atoms with van der Waals surface area (Å²) in [5.74, 6) is 0.653. The maximum absolute atomic E-state index is 5.70. The molecule has 1 heterocycles. The van der Waals surface area contributed by atoms with E-state index in [1.54, 1.807) is 0 Å². The zero-order valence-electron chi connectivity index (χ0n) is 8.27. The van der Waals surface area contributed by atoms with Gasteiger partial charge in [-0.2, -0.15) is 0 Å². The molecule has 2 heteroatoms. The van der Waals surface area contributed by atoms with Crippen molar-refractivity contribution in [2.45, 2.75) is 39.7 Å². The van der Waals surface area contributed by atoms with Gasteiger partial charge in [0.25, 0.3) is 0 Å². The predicted octanol–water partition coefficient (Wildman–Crippen LogP) is 3.22. The lowest BCUT2D eigenvalue weighted by Gasteiger charge is -2.33. The Morgan fingerprint density at radius 3 is 2.50 bits per heavy atom. The Bertz CT molecular complexity index is 133. The SMILES string of the molecule is CC(C)(C)C(CBr)C1CCCO1. The van der Waals surface area contributed by atoms with E-state index in [2.05, 4.69) is 36.7 Å². The molecule has 0 bridgehead atoms. The smallest absolute Gasteiger partial charge is 0.0617 e. The molecule has 2 atom stereocenters. The molecule has 0 aromatic rings. The van der Waals surface area contributed by atoms with Crippen molar-refractivity contribution >= 4 is 15.9 Å². The second kappa shape index (κ2) is 4.10. The van der Waals surface area contributed by atoms with Crippen LogP contribution in [0.15, 0.2) is 0 Å². The van der Waals surface area contributed by atoms with E-state index in [0.717, 1.165) is 11.9 Å². The Morgan fingerprint density at radius 1 is 1.50 bits per heavy atom. The fraction of sp³-hybridized carbons (Fsp3) is 1.00. The summed E-state index contributed by atoms with van der Waals surface area (Å²) in [4.78, 5) is 0. The summed E-state index contributed by atoms with van der Waals surface area (Å²) in [5.41, 5.74) is 0.360. The first-order chi connectivity index (χ1) is 5.55. The van der Waals surface area contributed by atoms with Gasteiger partial charge in [0.05, 0.1) is 6.10 Å². The van der Waals surface area contributed by atoms with E-state index in [4.69, 9.17) is 4.74 Å². The van der Waals surface area contributed by atoms with Crippen molar-refractivity contribution in [3.8, 4) is 0 Å². The number of hydrogen-bond acceptors (Lipinski definition) is 1. The molecule has 0 saturated carbocycles. The van der Waals surface area contributed by atoms with E-state index < -0.39 is 0 Å². The molecule has 0 radical (unpaired) electrons. The van der Waals surface area contributed by atoms with Crippen LogP contribution in [0.1, 0.15) is 33.6 Å². The molecular formula is C10H19BrO. The van der Waals surface area contributed by atoms with Gasteiger partial charge < -0.3 is 4.74 Å². The zero-order valence-corrected chi connectivity index (χ0v) is 9.86. The molecule has 0 N–H and O–H groups in total. The molecule has 1 nitrogen and oxygen atoms in total. The second-order valence-electron chi connectivity index (χ2n) is 4.68. The van der Waals surface area contributed by atoms with E-state index in [-0.39, 0.29) is 0 Å². The predicted molar refractivity (Wildman–Crippen MR) is 55.7 cm³/mol. The van der Waals surface area contributed by atoms with Crippen LogP contribution in [0.4, 0.5) is 0 Å². The number of rotatable bonds is 2. The molecule has 0 spiro atoms. The molecule has 0 aromatic heterocycles. The average molecular weight is 235 g/mol. The molecule has 1 aliphatic rings. The minimum absolute atomic E-state index is 0.360. The molecular weight excluding hydrogens is 216 g/mol. The highest BCUT2D eigenvalue weighted by Gasteiger charge is 2.33. The Kier molecular flexibility index (Phi) is 3.59. The van der Waals surface area contributed by atoms with Crippen LogP contribution in [-0.4, -0.2) is 18.0 Å². The van der Waals surface area contributed by atoms with Gasteiger partial charge in [0.15, 0.2) is 0 Å². The van der Waals surface area contributed by atoms with Gasteiger partial charge in [0.1, 0.15) is 0 Å². The first-order valence-corrected chi connectivity index (χ1v) is 5.85. The fourth-order valence-corrected chi connectivity index (χ4v) is 3.20. The summed E-state index contributed by atoms with van der Waals surface area (Å²) in [7, 11) is 0. The first-order valence-electron chi connectivity index (χ1n) is 4.73. The van der Waals surface area contributed by atoms with E-state index in [1.807, 2.05) is 0 Å². The molecule has 1 fully saturated rings. The Balaban J connectivity index is 2.54. The third-order valence-corrected chi connectivity index (χ3v) is 3.39. The highest BCUT2D eigenvalue weighted by molar-refractivity contribution is 9.09. The van der Waals surface area contributed by atoms with Gasteiger partial charge in [-0.15, -0.1) is 0 Å². The highest BCUT2D eigenvalue weighted by Crippen LogP contribution is 2.35. The summed E-state index contributed by atoms with van der Waals surface area (Å²) in [6.07, 6.45) is 2.97. The molecule has 72 valence electrons. The minimum Gasteiger partial charge on any atom is -0.378 e. The number of alkyl halides is 1. The first kappa shape index (κ1) is 10.5. The second-order valence-corrected chi connectivity index (χ2v) is 5.33. The maximum atomic E-state index is 5.70. The van der Waals surface area contributed by atoms with Crippen LogP contribution in [-0.2, 0) is 4.74 Å². The summed E-state index contributed by atoms with van der Waals surface area (Å²) in [6.45, 7) is 7.84. The van der Waals surface area contributed by atoms with Gasteiger partial charge in [-0.25, -0.2) is 0 Å². The van der Waals surface area contributed by atoms with Crippen molar-refractivity contribution in [3.63, 3.8) is 0 Å². The van der Waals surface area contributed by atoms with Gasteiger partial charge >= 0.3 is 0 Å². The molecule has 1 aliphatic heterocycles. The van der Waals surface area contributed by atoms with E-state index >= 15 is 0 Å². The third-order valence-electron chi connectivity index (χ3n) is 2.69. The molecule has 0 amide bonds. The standard InChI is InChI=1S/C10H19BrO/c1-10(2,3)8(7-11)9-5-4-6-12-9/h8-9H,4-7H2,1-3H3. The lowest BCUT2D eigenvalue weighted by molar-refractivity contribution is 0.0281. The maximum Gasteiger partial charge on any atom is 0.0617 e. The van der Waals surface area contributed by atoms with Gasteiger partial charge in [-0.3, -0.25) is 0 Å². The largest absolute Gasteiger partial charge is 0.378 e. The summed E-state index contributed by atoms with van der Waals surface area (Å²) in [5, 5.41) is 1.06. The molecule has 0 aliphatic carbocycles. The van der Waals surface area contributed by atoms with E-state index in [9.17, 15) is 0 Å². The molecule has 1 saturated heterocycles. The summed E-state index contributed by atoms with van der Waals surface area (Å²) < 4.78 is 5.70. The normalized spacial score (nSPS) is 27.5.